The number of amides is 2. The molecule has 1 atom stereocenters. The van der Waals surface area contributed by atoms with Gasteiger partial charge in [-0.3, -0.25) is 9.88 Å². The van der Waals surface area contributed by atoms with E-state index in [0.29, 0.717) is 6.54 Å². The molecule has 0 spiro atoms. The number of nitrogens with one attached hydrogen (secondary N) is 1. The molecule has 2 saturated heterocycles. The lowest BCUT2D eigenvalue weighted by Crippen LogP contribution is -2.53. The number of aromatic nitrogens is 3. The maximum absolute atomic E-state index is 12.1. The molecule has 3 aliphatic rings. The summed E-state index contributed by atoms with van der Waals surface area (Å²) in [5, 5.41) is 9.15. The summed E-state index contributed by atoms with van der Waals surface area (Å²) in [5.41, 5.74) is 3.42. The molecule has 1 N–H and O–H groups in total. The summed E-state index contributed by atoms with van der Waals surface area (Å²) in [6, 6.07) is 2.13. The molecule has 2 fully saturated rings. The summed E-state index contributed by atoms with van der Waals surface area (Å²) < 4.78 is 8.30. The van der Waals surface area contributed by atoms with Gasteiger partial charge in [-0.2, -0.15) is 0 Å². The van der Waals surface area contributed by atoms with Crippen LogP contribution < -0.4 is 10.2 Å². The molecular weight excluding hydrogens is 466 g/mol. The maximum Gasteiger partial charge on any atom is 0.317 e. The van der Waals surface area contributed by atoms with Crippen molar-refractivity contribution in [1.82, 2.24) is 29.9 Å². The third kappa shape index (κ3) is 6.05. The van der Waals surface area contributed by atoms with Crippen molar-refractivity contribution in [3.63, 3.8) is 0 Å². The summed E-state index contributed by atoms with van der Waals surface area (Å²) in [5.74, 6) is 1.02. The zero-order valence-electron chi connectivity index (χ0n) is 22.1. The Bertz CT molecular complexity index is 1180. The topological polar surface area (TPSA) is 78.8 Å². The number of carbonyl (C=O) groups excluding carboxylic acids is 1. The summed E-state index contributed by atoms with van der Waals surface area (Å²) in [4.78, 5) is 23.3. The Morgan fingerprint density at radius 1 is 1.19 bits per heavy atom. The van der Waals surface area contributed by atoms with E-state index in [1.54, 1.807) is 0 Å². The van der Waals surface area contributed by atoms with Crippen molar-refractivity contribution in [3.05, 3.63) is 48.3 Å². The van der Waals surface area contributed by atoms with Gasteiger partial charge < -0.3 is 19.9 Å². The number of pyridine rings is 1. The highest BCUT2D eigenvalue weighted by molar-refractivity contribution is 5.92. The van der Waals surface area contributed by atoms with Crippen LogP contribution in [0.1, 0.15) is 34.5 Å². The van der Waals surface area contributed by atoms with E-state index in [2.05, 4.69) is 57.4 Å². The normalized spacial score (nSPS) is 21.7. The second-order valence-electron chi connectivity index (χ2n) is 10.1. The fourth-order valence-electron chi connectivity index (χ4n) is 5.28. The predicted octanol–water partition coefficient (Wildman–Crippen LogP) is 3.76. The third-order valence-corrected chi connectivity index (χ3v) is 7.37. The quantitative estimate of drug-likeness (QED) is 0.664. The standard InChI is InChI=1S/C28H39N7O2.H2/c1-3-30-28(36)34-17-15-32(16-18-34)21-24-11-14-33(13-5-19-37-24)27-25-10-12-29-20-26(25)35(31-27)23-7-4-6-22(2)8-9-23;/h4,7-10,12,20,24H,3,5-6,11,13-19,21H2,1-2H3,(H,30,36);1H. The van der Waals surface area contributed by atoms with Gasteiger partial charge in [0, 0.05) is 72.0 Å². The van der Waals surface area contributed by atoms with E-state index in [1.165, 1.54) is 5.57 Å². The first-order chi connectivity index (χ1) is 18.1. The fraction of sp³-hybridized carbons (Fsp3) is 0.536. The zero-order valence-corrected chi connectivity index (χ0v) is 22.1. The van der Waals surface area contributed by atoms with Crippen LogP contribution in [0.3, 0.4) is 0 Å². The number of allylic oxidation sites excluding steroid dienone is 6. The Balaban J connectivity index is 0.00000336. The number of ether oxygens (including phenoxy) is 1. The average molecular weight is 508 g/mol. The van der Waals surface area contributed by atoms with Crippen LogP contribution in [0.5, 0.6) is 0 Å². The van der Waals surface area contributed by atoms with Gasteiger partial charge in [-0.15, -0.1) is 5.10 Å². The average Bonchev–Trinajstić information content (AvgIpc) is 3.14. The molecular formula is C28H41N7O2. The SMILES string of the molecule is CCNC(=O)N1CCN(CC2CCN(c3nn(C4=CC=C(C)CC=C4)c4cnccc34)CCCO2)CC1.[HH]. The molecule has 2 amide bonds. The Kier molecular flexibility index (Phi) is 8.21. The van der Waals surface area contributed by atoms with Crippen LogP contribution in [0.25, 0.3) is 16.6 Å². The van der Waals surface area contributed by atoms with Gasteiger partial charge in [0.15, 0.2) is 5.82 Å². The summed E-state index contributed by atoms with van der Waals surface area (Å²) in [7, 11) is 0. The number of piperazine rings is 1. The van der Waals surface area contributed by atoms with Gasteiger partial charge in [0.1, 0.15) is 0 Å². The Morgan fingerprint density at radius 2 is 2.05 bits per heavy atom. The second kappa shape index (κ2) is 11.9. The number of rotatable bonds is 5. The molecule has 5 rings (SSSR count). The van der Waals surface area contributed by atoms with Crippen molar-refractivity contribution >= 4 is 28.4 Å². The van der Waals surface area contributed by atoms with E-state index in [1.807, 2.05) is 28.9 Å². The van der Waals surface area contributed by atoms with Crippen LogP contribution in [-0.4, -0.2) is 95.7 Å². The molecule has 9 heteroatoms. The number of carbonyl (C=O) groups is 1. The van der Waals surface area contributed by atoms with Gasteiger partial charge in [-0.1, -0.05) is 17.7 Å². The van der Waals surface area contributed by atoms with E-state index in [0.717, 1.165) is 94.1 Å². The third-order valence-electron chi connectivity index (χ3n) is 7.37. The number of anilines is 1. The van der Waals surface area contributed by atoms with Crippen LogP contribution in [0.15, 0.2) is 48.3 Å². The number of hydrogen-bond acceptors (Lipinski definition) is 6. The van der Waals surface area contributed by atoms with E-state index < -0.39 is 0 Å². The molecule has 2 aliphatic heterocycles. The molecule has 1 unspecified atom stereocenters. The molecule has 2 aromatic heterocycles. The molecule has 0 radical (unpaired) electrons. The predicted molar refractivity (Wildman–Crippen MR) is 150 cm³/mol. The monoisotopic (exact) mass is 507 g/mol. The van der Waals surface area contributed by atoms with E-state index in [9.17, 15) is 4.79 Å². The Hall–Kier alpha value is -3.17. The van der Waals surface area contributed by atoms with Gasteiger partial charge in [0.2, 0.25) is 0 Å². The highest BCUT2D eigenvalue weighted by atomic mass is 16.5. The van der Waals surface area contributed by atoms with Gasteiger partial charge in [-0.05, 0) is 51.3 Å². The van der Waals surface area contributed by atoms with Crippen molar-refractivity contribution in [1.29, 1.82) is 0 Å². The van der Waals surface area contributed by atoms with Gasteiger partial charge in [0.05, 0.1) is 23.5 Å². The summed E-state index contributed by atoms with van der Waals surface area (Å²) >= 11 is 0. The van der Waals surface area contributed by atoms with Crippen molar-refractivity contribution < 1.29 is 11.0 Å². The van der Waals surface area contributed by atoms with Gasteiger partial charge in [-0.25, -0.2) is 9.48 Å². The van der Waals surface area contributed by atoms with Crippen molar-refractivity contribution in [2.24, 2.45) is 0 Å². The van der Waals surface area contributed by atoms with Crippen LogP contribution in [0, 0.1) is 0 Å². The Labute approximate surface area is 220 Å². The number of urea groups is 1. The molecule has 0 bridgehead atoms. The second-order valence-corrected chi connectivity index (χ2v) is 10.1. The largest absolute Gasteiger partial charge is 0.377 e. The van der Waals surface area contributed by atoms with Crippen molar-refractivity contribution in [2.75, 3.05) is 63.9 Å². The summed E-state index contributed by atoms with van der Waals surface area (Å²) in [6.45, 7) is 11.5. The summed E-state index contributed by atoms with van der Waals surface area (Å²) in [6.07, 6.45) is 15.5. The first-order valence-electron chi connectivity index (χ1n) is 13.6. The Morgan fingerprint density at radius 3 is 2.89 bits per heavy atom. The van der Waals surface area contributed by atoms with Crippen LogP contribution in [0.2, 0.25) is 0 Å². The molecule has 2 aromatic rings. The van der Waals surface area contributed by atoms with E-state index >= 15 is 0 Å². The molecule has 1 aliphatic carbocycles. The minimum absolute atomic E-state index is 0. The fourth-order valence-corrected chi connectivity index (χ4v) is 5.28. The highest BCUT2D eigenvalue weighted by Gasteiger charge is 2.26. The molecule has 200 valence electrons. The maximum atomic E-state index is 12.1. The number of fused-ring (bicyclic) bond motifs is 1. The minimum Gasteiger partial charge on any atom is -0.377 e. The number of nitrogens with zero attached hydrogens (tertiary/aromatic N) is 6. The highest BCUT2D eigenvalue weighted by Crippen LogP contribution is 2.30. The van der Waals surface area contributed by atoms with Crippen LogP contribution in [0.4, 0.5) is 10.6 Å². The van der Waals surface area contributed by atoms with Gasteiger partial charge >= 0.3 is 6.03 Å². The lowest BCUT2D eigenvalue weighted by molar-refractivity contribution is 0.00873. The lowest BCUT2D eigenvalue weighted by atomic mass is 10.1. The number of hydrogen-bond donors (Lipinski definition) is 1. The van der Waals surface area contributed by atoms with E-state index in [-0.39, 0.29) is 13.6 Å². The van der Waals surface area contributed by atoms with Gasteiger partial charge in [0.25, 0.3) is 0 Å². The molecule has 4 heterocycles. The van der Waals surface area contributed by atoms with Crippen molar-refractivity contribution in [2.45, 2.75) is 39.2 Å². The molecule has 0 saturated carbocycles. The first kappa shape index (κ1) is 25.5. The lowest BCUT2D eigenvalue weighted by Gasteiger charge is -2.37. The van der Waals surface area contributed by atoms with Crippen LogP contribution >= 0.6 is 0 Å². The van der Waals surface area contributed by atoms with Crippen molar-refractivity contribution in [3.8, 4) is 0 Å². The smallest absolute Gasteiger partial charge is 0.317 e. The zero-order chi connectivity index (χ0) is 25.6. The minimum atomic E-state index is 0. The molecule has 0 aromatic carbocycles. The van der Waals surface area contributed by atoms with Crippen LogP contribution in [-0.2, 0) is 4.74 Å². The molecule has 9 nitrogen and oxygen atoms in total. The van der Waals surface area contributed by atoms with E-state index in [4.69, 9.17) is 9.84 Å². The molecule has 37 heavy (non-hydrogen) atoms. The first-order valence-corrected chi connectivity index (χ1v) is 13.6.